The van der Waals surface area contributed by atoms with Gasteiger partial charge in [0.25, 0.3) is 0 Å². The molecule has 0 saturated carbocycles. The van der Waals surface area contributed by atoms with E-state index in [9.17, 15) is 4.79 Å². The summed E-state index contributed by atoms with van der Waals surface area (Å²) in [6.07, 6.45) is 5.56. The minimum absolute atomic E-state index is 0.275. The number of rotatable bonds is 7. The Morgan fingerprint density at radius 3 is 3.00 bits per heavy atom. The number of aromatic nitrogens is 2. The quantitative estimate of drug-likeness (QED) is 0.777. The van der Waals surface area contributed by atoms with E-state index in [2.05, 4.69) is 33.6 Å². The number of carbonyl (C=O) groups excluding carboxylic acids is 1. The standard InChI is InChI=1S/C15H27N5O/c1-4-5-18-15(3,14(16)21)10-12(2)20-9-8-19-7-6-17-13(19)11-20/h6-7,12,18H,4-5,8-11H2,1-3H3,(H2,16,21). The molecule has 1 aromatic rings. The molecule has 2 atom stereocenters. The van der Waals surface area contributed by atoms with E-state index in [0.29, 0.717) is 6.42 Å². The Morgan fingerprint density at radius 1 is 1.57 bits per heavy atom. The second-order valence-corrected chi connectivity index (χ2v) is 6.18. The highest BCUT2D eigenvalue weighted by atomic mass is 16.1. The van der Waals surface area contributed by atoms with Gasteiger partial charge in [0.2, 0.25) is 5.91 Å². The van der Waals surface area contributed by atoms with Crippen molar-refractivity contribution in [2.24, 2.45) is 5.73 Å². The van der Waals surface area contributed by atoms with E-state index in [1.54, 1.807) is 0 Å². The molecular formula is C15H27N5O. The summed E-state index contributed by atoms with van der Waals surface area (Å²) in [5.74, 6) is 0.816. The van der Waals surface area contributed by atoms with Gasteiger partial charge in [0.15, 0.2) is 0 Å². The predicted molar refractivity (Wildman–Crippen MR) is 82.6 cm³/mol. The van der Waals surface area contributed by atoms with E-state index in [-0.39, 0.29) is 11.9 Å². The van der Waals surface area contributed by atoms with Gasteiger partial charge < -0.3 is 15.6 Å². The Balaban J connectivity index is 1.99. The number of amides is 1. The highest BCUT2D eigenvalue weighted by molar-refractivity contribution is 5.84. The molecule has 21 heavy (non-hydrogen) atoms. The maximum atomic E-state index is 11.8. The van der Waals surface area contributed by atoms with Crippen molar-refractivity contribution in [2.45, 2.75) is 58.3 Å². The topological polar surface area (TPSA) is 76.2 Å². The van der Waals surface area contributed by atoms with Crippen LogP contribution in [0.25, 0.3) is 0 Å². The van der Waals surface area contributed by atoms with Gasteiger partial charge in [0, 0.05) is 31.5 Å². The summed E-state index contributed by atoms with van der Waals surface area (Å²) in [5.41, 5.74) is 4.96. The average Bonchev–Trinajstić information content (AvgIpc) is 2.92. The summed E-state index contributed by atoms with van der Waals surface area (Å²) in [4.78, 5) is 18.6. The molecule has 1 aliphatic heterocycles. The van der Waals surface area contributed by atoms with Crippen LogP contribution in [0.1, 0.15) is 39.4 Å². The van der Waals surface area contributed by atoms with Crippen molar-refractivity contribution in [1.29, 1.82) is 0 Å². The first-order valence-electron chi connectivity index (χ1n) is 7.75. The number of primary amides is 1. The van der Waals surface area contributed by atoms with Gasteiger partial charge in [-0.1, -0.05) is 6.92 Å². The lowest BCUT2D eigenvalue weighted by molar-refractivity contribution is -0.124. The minimum Gasteiger partial charge on any atom is -0.368 e. The number of fused-ring (bicyclic) bond motifs is 1. The summed E-state index contributed by atoms with van der Waals surface area (Å²) >= 11 is 0. The van der Waals surface area contributed by atoms with Crippen LogP contribution in [0.15, 0.2) is 12.4 Å². The fourth-order valence-electron chi connectivity index (χ4n) is 2.95. The van der Waals surface area contributed by atoms with Gasteiger partial charge >= 0.3 is 0 Å². The molecule has 0 spiro atoms. The number of imidazole rings is 1. The van der Waals surface area contributed by atoms with Crippen molar-refractivity contribution in [3.8, 4) is 0 Å². The summed E-state index contributed by atoms with van der Waals surface area (Å²) in [6.45, 7) is 9.72. The zero-order valence-electron chi connectivity index (χ0n) is 13.3. The SMILES string of the molecule is CCCNC(C)(CC(C)N1CCn2ccnc2C1)C(N)=O. The molecular weight excluding hydrogens is 266 g/mol. The Bertz CT molecular complexity index is 486. The molecule has 1 aromatic heterocycles. The van der Waals surface area contributed by atoms with Crippen LogP contribution in [0.3, 0.4) is 0 Å². The van der Waals surface area contributed by atoms with Gasteiger partial charge in [-0.25, -0.2) is 4.98 Å². The molecule has 2 heterocycles. The van der Waals surface area contributed by atoms with Crippen molar-refractivity contribution in [3.05, 3.63) is 18.2 Å². The van der Waals surface area contributed by atoms with Gasteiger partial charge in [0.05, 0.1) is 12.1 Å². The third kappa shape index (κ3) is 3.63. The van der Waals surface area contributed by atoms with Crippen molar-refractivity contribution < 1.29 is 4.79 Å². The lowest BCUT2D eigenvalue weighted by Crippen LogP contribution is -2.57. The second kappa shape index (κ2) is 6.58. The van der Waals surface area contributed by atoms with Crippen LogP contribution in [0.4, 0.5) is 0 Å². The maximum absolute atomic E-state index is 11.8. The van der Waals surface area contributed by atoms with Crippen molar-refractivity contribution >= 4 is 5.91 Å². The van der Waals surface area contributed by atoms with Crippen LogP contribution >= 0.6 is 0 Å². The van der Waals surface area contributed by atoms with Crippen LogP contribution in [-0.2, 0) is 17.9 Å². The molecule has 0 aliphatic carbocycles. The van der Waals surface area contributed by atoms with Gasteiger partial charge in [-0.05, 0) is 33.2 Å². The highest BCUT2D eigenvalue weighted by Gasteiger charge is 2.34. The molecule has 0 bridgehead atoms. The average molecular weight is 293 g/mol. The van der Waals surface area contributed by atoms with E-state index in [1.165, 1.54) is 0 Å². The molecule has 0 aromatic carbocycles. The predicted octanol–water partition coefficient (Wildman–Crippen LogP) is 0.721. The number of nitrogens with one attached hydrogen (secondary N) is 1. The third-order valence-electron chi connectivity index (χ3n) is 4.41. The van der Waals surface area contributed by atoms with Gasteiger partial charge in [-0.2, -0.15) is 0 Å². The zero-order chi connectivity index (χ0) is 15.5. The summed E-state index contributed by atoms with van der Waals surface area (Å²) in [5, 5.41) is 3.31. The lowest BCUT2D eigenvalue weighted by atomic mass is 9.91. The first kappa shape index (κ1) is 16.0. The molecule has 118 valence electrons. The van der Waals surface area contributed by atoms with Gasteiger partial charge in [-0.3, -0.25) is 9.69 Å². The van der Waals surface area contributed by atoms with E-state index in [4.69, 9.17) is 5.73 Å². The first-order valence-corrected chi connectivity index (χ1v) is 7.75. The molecule has 0 fully saturated rings. The number of carbonyl (C=O) groups is 1. The fraction of sp³-hybridized carbons (Fsp3) is 0.733. The molecule has 0 saturated heterocycles. The summed E-state index contributed by atoms with van der Waals surface area (Å²) in [7, 11) is 0. The van der Waals surface area contributed by atoms with Gasteiger partial charge in [0.1, 0.15) is 5.82 Å². The maximum Gasteiger partial charge on any atom is 0.237 e. The van der Waals surface area contributed by atoms with Crippen LogP contribution in [0.5, 0.6) is 0 Å². The zero-order valence-corrected chi connectivity index (χ0v) is 13.3. The van der Waals surface area contributed by atoms with Crippen molar-refractivity contribution in [1.82, 2.24) is 19.8 Å². The first-order chi connectivity index (χ1) is 9.96. The number of hydrogen-bond acceptors (Lipinski definition) is 4. The summed E-state index contributed by atoms with van der Waals surface area (Å²) in [6, 6.07) is 0.275. The van der Waals surface area contributed by atoms with E-state index in [0.717, 1.165) is 38.4 Å². The Morgan fingerprint density at radius 2 is 2.33 bits per heavy atom. The van der Waals surface area contributed by atoms with E-state index < -0.39 is 5.54 Å². The van der Waals surface area contributed by atoms with E-state index >= 15 is 0 Å². The second-order valence-electron chi connectivity index (χ2n) is 6.18. The summed E-state index contributed by atoms with van der Waals surface area (Å²) < 4.78 is 2.19. The molecule has 3 N–H and O–H groups in total. The minimum atomic E-state index is -0.650. The Kier molecular flexibility index (Phi) is 5.00. The fourth-order valence-corrected chi connectivity index (χ4v) is 2.95. The highest BCUT2D eigenvalue weighted by Crippen LogP contribution is 2.20. The van der Waals surface area contributed by atoms with Crippen LogP contribution < -0.4 is 11.1 Å². The number of nitrogens with two attached hydrogens (primary N) is 1. The molecule has 1 amide bonds. The third-order valence-corrected chi connectivity index (χ3v) is 4.41. The number of nitrogens with zero attached hydrogens (tertiary/aromatic N) is 3. The molecule has 0 radical (unpaired) electrons. The molecule has 6 nitrogen and oxygen atoms in total. The largest absolute Gasteiger partial charge is 0.368 e. The molecule has 6 heteroatoms. The Labute approximate surface area is 126 Å². The molecule has 2 rings (SSSR count). The van der Waals surface area contributed by atoms with Crippen molar-refractivity contribution in [2.75, 3.05) is 13.1 Å². The molecule has 1 aliphatic rings. The van der Waals surface area contributed by atoms with Crippen LogP contribution in [0.2, 0.25) is 0 Å². The van der Waals surface area contributed by atoms with Crippen LogP contribution in [-0.4, -0.2) is 45.0 Å². The Hall–Kier alpha value is -1.40. The van der Waals surface area contributed by atoms with Gasteiger partial charge in [-0.15, -0.1) is 0 Å². The van der Waals surface area contributed by atoms with Crippen LogP contribution in [0, 0.1) is 0 Å². The van der Waals surface area contributed by atoms with E-state index in [1.807, 2.05) is 19.3 Å². The molecule has 2 unspecified atom stereocenters. The smallest absolute Gasteiger partial charge is 0.237 e. The lowest BCUT2D eigenvalue weighted by Gasteiger charge is -2.37. The normalized spacial score (nSPS) is 19.8. The van der Waals surface area contributed by atoms with Crippen molar-refractivity contribution in [3.63, 3.8) is 0 Å². The number of hydrogen-bond donors (Lipinski definition) is 2. The monoisotopic (exact) mass is 293 g/mol.